The monoisotopic (exact) mass is 251 g/mol. The molecule has 1 N–H and O–H groups in total. The Kier molecular flexibility index (Phi) is 3.95. The van der Waals surface area contributed by atoms with Gasteiger partial charge in [-0.05, 0) is 31.6 Å². The molecule has 3 unspecified atom stereocenters. The van der Waals surface area contributed by atoms with Crippen molar-refractivity contribution in [1.29, 1.82) is 0 Å². The summed E-state index contributed by atoms with van der Waals surface area (Å²) in [6.45, 7) is 7.59. The van der Waals surface area contributed by atoms with Crippen molar-refractivity contribution >= 4 is 0 Å². The molecule has 0 bridgehead atoms. The van der Waals surface area contributed by atoms with E-state index in [0.29, 0.717) is 6.04 Å². The Balaban J connectivity index is 2.02. The predicted molar refractivity (Wildman–Crippen MR) is 72.7 cm³/mol. The lowest BCUT2D eigenvalue weighted by atomic mass is 9.98. The lowest BCUT2D eigenvalue weighted by Gasteiger charge is -2.19. The topological polar surface area (TPSA) is 39.1 Å². The maximum Gasteiger partial charge on any atom is 0.216 e. The molecule has 1 saturated carbocycles. The van der Waals surface area contributed by atoms with Gasteiger partial charge in [0.25, 0.3) is 0 Å². The third kappa shape index (κ3) is 2.39. The highest BCUT2D eigenvalue weighted by Crippen LogP contribution is 2.31. The number of hydrogen-bond acceptors (Lipinski definition) is 3. The number of nitrogens with zero attached hydrogens (tertiary/aromatic N) is 2. The van der Waals surface area contributed by atoms with Crippen LogP contribution >= 0.6 is 0 Å². The van der Waals surface area contributed by atoms with Crippen molar-refractivity contribution in [2.24, 2.45) is 18.9 Å². The lowest BCUT2D eigenvalue weighted by molar-refractivity contribution is 0.353. The van der Waals surface area contributed by atoms with Crippen LogP contribution < -0.4 is 10.1 Å². The second kappa shape index (κ2) is 5.31. The molecule has 2 rings (SSSR count). The highest BCUT2D eigenvalue weighted by molar-refractivity contribution is 5.30. The van der Waals surface area contributed by atoms with Crippen molar-refractivity contribution in [3.05, 3.63) is 11.3 Å². The minimum absolute atomic E-state index is 0.629. The fourth-order valence-corrected chi connectivity index (χ4v) is 3.03. The summed E-state index contributed by atoms with van der Waals surface area (Å²) >= 11 is 0. The molecule has 1 heterocycles. The molecule has 1 aliphatic carbocycles. The van der Waals surface area contributed by atoms with E-state index in [1.54, 1.807) is 7.11 Å². The van der Waals surface area contributed by atoms with Crippen LogP contribution in [0, 0.1) is 18.8 Å². The van der Waals surface area contributed by atoms with Crippen molar-refractivity contribution in [1.82, 2.24) is 15.1 Å². The lowest BCUT2D eigenvalue weighted by Crippen LogP contribution is -2.32. The largest absolute Gasteiger partial charge is 0.481 e. The van der Waals surface area contributed by atoms with E-state index in [0.717, 1.165) is 30.0 Å². The quantitative estimate of drug-likeness (QED) is 0.892. The molecular formula is C14H25N3O. The number of aryl methyl sites for hydroxylation is 2. The summed E-state index contributed by atoms with van der Waals surface area (Å²) in [7, 11) is 3.63. The van der Waals surface area contributed by atoms with Crippen molar-refractivity contribution in [3.63, 3.8) is 0 Å². The van der Waals surface area contributed by atoms with E-state index < -0.39 is 0 Å². The maximum atomic E-state index is 5.42. The van der Waals surface area contributed by atoms with Crippen molar-refractivity contribution < 1.29 is 4.74 Å². The molecule has 3 atom stereocenters. The third-order valence-electron chi connectivity index (χ3n) is 4.49. The number of aromatic nitrogens is 2. The van der Waals surface area contributed by atoms with Crippen LogP contribution in [0.3, 0.4) is 0 Å². The molecule has 0 saturated heterocycles. The Labute approximate surface area is 110 Å². The van der Waals surface area contributed by atoms with Gasteiger partial charge in [-0.15, -0.1) is 0 Å². The van der Waals surface area contributed by atoms with Crippen LogP contribution in [0.2, 0.25) is 0 Å². The predicted octanol–water partition coefficient (Wildman–Crippen LogP) is 2.26. The Hall–Kier alpha value is -1.03. The molecule has 0 aliphatic heterocycles. The van der Waals surface area contributed by atoms with Gasteiger partial charge in [0.15, 0.2) is 0 Å². The Bertz CT molecular complexity index is 413. The Morgan fingerprint density at radius 3 is 2.67 bits per heavy atom. The first-order valence-corrected chi connectivity index (χ1v) is 6.84. The normalized spacial score (nSPS) is 27.7. The average molecular weight is 251 g/mol. The van der Waals surface area contributed by atoms with Gasteiger partial charge in [-0.25, -0.2) is 4.68 Å². The van der Waals surface area contributed by atoms with E-state index in [1.807, 2.05) is 18.7 Å². The summed E-state index contributed by atoms with van der Waals surface area (Å²) in [5.74, 6) is 2.46. The summed E-state index contributed by atoms with van der Waals surface area (Å²) in [5, 5.41) is 8.09. The van der Waals surface area contributed by atoms with E-state index >= 15 is 0 Å². The summed E-state index contributed by atoms with van der Waals surface area (Å²) in [6.07, 6.45) is 2.62. The van der Waals surface area contributed by atoms with E-state index in [-0.39, 0.29) is 0 Å². The van der Waals surface area contributed by atoms with Gasteiger partial charge in [0.1, 0.15) is 0 Å². The molecule has 1 aromatic heterocycles. The molecule has 1 fully saturated rings. The van der Waals surface area contributed by atoms with Gasteiger partial charge >= 0.3 is 0 Å². The number of ether oxygens (including phenoxy) is 1. The van der Waals surface area contributed by atoms with Gasteiger partial charge in [-0.3, -0.25) is 0 Å². The van der Waals surface area contributed by atoms with Gasteiger partial charge in [-0.1, -0.05) is 13.8 Å². The van der Waals surface area contributed by atoms with Crippen LogP contribution in [-0.2, 0) is 13.6 Å². The molecule has 0 amide bonds. The number of nitrogens with one attached hydrogen (secondary N) is 1. The highest BCUT2D eigenvalue weighted by Gasteiger charge is 2.29. The van der Waals surface area contributed by atoms with Gasteiger partial charge in [-0.2, -0.15) is 5.10 Å². The maximum absolute atomic E-state index is 5.42. The first-order valence-electron chi connectivity index (χ1n) is 6.84. The minimum Gasteiger partial charge on any atom is -0.481 e. The van der Waals surface area contributed by atoms with Crippen molar-refractivity contribution in [2.75, 3.05) is 7.11 Å². The second-order valence-corrected chi connectivity index (χ2v) is 5.60. The van der Waals surface area contributed by atoms with Gasteiger partial charge in [0.2, 0.25) is 5.88 Å². The van der Waals surface area contributed by atoms with Crippen LogP contribution in [0.4, 0.5) is 0 Å². The van der Waals surface area contributed by atoms with Crippen LogP contribution in [0.1, 0.15) is 37.9 Å². The van der Waals surface area contributed by atoms with Gasteiger partial charge < -0.3 is 10.1 Å². The molecule has 4 nitrogen and oxygen atoms in total. The summed E-state index contributed by atoms with van der Waals surface area (Å²) in [5.41, 5.74) is 2.24. The van der Waals surface area contributed by atoms with Crippen molar-refractivity contribution in [3.8, 4) is 5.88 Å². The fourth-order valence-electron chi connectivity index (χ4n) is 3.03. The van der Waals surface area contributed by atoms with Crippen LogP contribution in [0.15, 0.2) is 0 Å². The van der Waals surface area contributed by atoms with Crippen LogP contribution in [-0.4, -0.2) is 22.9 Å². The van der Waals surface area contributed by atoms with Crippen LogP contribution in [0.5, 0.6) is 5.88 Å². The van der Waals surface area contributed by atoms with Gasteiger partial charge in [0.05, 0.1) is 18.4 Å². The molecule has 18 heavy (non-hydrogen) atoms. The van der Waals surface area contributed by atoms with E-state index in [4.69, 9.17) is 4.74 Å². The molecule has 0 aromatic carbocycles. The smallest absolute Gasteiger partial charge is 0.216 e. The summed E-state index contributed by atoms with van der Waals surface area (Å²) in [4.78, 5) is 0. The van der Waals surface area contributed by atoms with E-state index in [9.17, 15) is 0 Å². The average Bonchev–Trinajstić information content (AvgIpc) is 2.78. The van der Waals surface area contributed by atoms with E-state index in [1.165, 1.54) is 18.4 Å². The number of hydrogen-bond donors (Lipinski definition) is 1. The molecule has 0 spiro atoms. The number of rotatable bonds is 4. The summed E-state index contributed by atoms with van der Waals surface area (Å²) in [6, 6.07) is 0.629. The first-order chi connectivity index (χ1) is 8.54. The van der Waals surface area contributed by atoms with Gasteiger partial charge in [0, 0.05) is 19.6 Å². The molecule has 1 aliphatic rings. The first kappa shape index (κ1) is 13.4. The zero-order valence-electron chi connectivity index (χ0n) is 12.2. The SMILES string of the molecule is COc1c(CNC2CCC(C)C2C)c(C)nn1C. The van der Waals surface area contributed by atoms with E-state index in [2.05, 4.69) is 24.3 Å². The fraction of sp³-hybridized carbons (Fsp3) is 0.786. The molecule has 4 heteroatoms. The Morgan fingerprint density at radius 2 is 2.11 bits per heavy atom. The molecular weight excluding hydrogens is 226 g/mol. The molecule has 0 radical (unpaired) electrons. The molecule has 102 valence electrons. The summed E-state index contributed by atoms with van der Waals surface area (Å²) < 4.78 is 7.23. The van der Waals surface area contributed by atoms with Crippen molar-refractivity contribution in [2.45, 2.75) is 46.2 Å². The van der Waals surface area contributed by atoms with Crippen LogP contribution in [0.25, 0.3) is 0 Å². The molecule has 1 aromatic rings. The zero-order valence-corrected chi connectivity index (χ0v) is 12.2. The standard InChI is InChI=1S/C14H25N3O/c1-9-6-7-13(10(9)2)15-8-12-11(3)16-17(4)14(12)18-5/h9-10,13,15H,6-8H2,1-5H3. The third-order valence-corrected chi connectivity index (χ3v) is 4.49. The number of methoxy groups -OCH3 is 1. The Morgan fingerprint density at radius 1 is 1.39 bits per heavy atom. The zero-order chi connectivity index (χ0) is 13.3. The highest BCUT2D eigenvalue weighted by atomic mass is 16.5. The second-order valence-electron chi connectivity index (χ2n) is 5.60. The minimum atomic E-state index is 0.629.